The second-order valence-electron chi connectivity index (χ2n) is 4.24. The van der Waals surface area contributed by atoms with Gasteiger partial charge < -0.3 is 15.2 Å². The van der Waals surface area contributed by atoms with E-state index >= 15 is 0 Å². The third-order valence-electron chi connectivity index (χ3n) is 2.90. The van der Waals surface area contributed by atoms with Gasteiger partial charge in [0.1, 0.15) is 18.4 Å². The molecule has 2 N–H and O–H groups in total. The molecule has 2 rings (SSSR count). The van der Waals surface area contributed by atoms with Crippen molar-refractivity contribution in [2.24, 2.45) is 0 Å². The Balaban J connectivity index is 2.15. The lowest BCUT2D eigenvalue weighted by molar-refractivity contribution is -0.140. The summed E-state index contributed by atoms with van der Waals surface area (Å²) in [7, 11) is 0. The summed E-state index contributed by atoms with van der Waals surface area (Å²) in [5.74, 6) is -0.190. The summed E-state index contributed by atoms with van der Waals surface area (Å²) in [6.07, 6.45) is 0. The van der Waals surface area contributed by atoms with Crippen molar-refractivity contribution in [1.82, 2.24) is 5.32 Å². The second-order valence-corrected chi connectivity index (χ2v) is 4.24. The van der Waals surface area contributed by atoms with Crippen molar-refractivity contribution in [3.05, 3.63) is 42.5 Å². The summed E-state index contributed by atoms with van der Waals surface area (Å²) in [6, 6.07) is 12.9. The second kappa shape index (κ2) is 6.20. The highest BCUT2D eigenvalue weighted by atomic mass is 16.5. The Morgan fingerprint density at radius 1 is 1.26 bits per heavy atom. The number of carbonyl (C=O) groups is 1. The fraction of sp³-hybridized carbons (Fsp3) is 0.267. The number of rotatable bonds is 6. The first-order valence-corrected chi connectivity index (χ1v) is 6.29. The molecule has 1 unspecified atom stereocenters. The Labute approximate surface area is 112 Å². The quantitative estimate of drug-likeness (QED) is 0.835. The van der Waals surface area contributed by atoms with Crippen LogP contribution in [-0.2, 0) is 4.79 Å². The maximum atomic E-state index is 11.0. The molecule has 0 saturated heterocycles. The lowest BCUT2D eigenvalue weighted by atomic mass is 10.1. The molecule has 0 bridgehead atoms. The molecule has 1 atom stereocenters. The molecule has 0 spiro atoms. The predicted octanol–water partition coefficient (Wildman–Crippen LogP) is 2.28. The van der Waals surface area contributed by atoms with Crippen molar-refractivity contribution < 1.29 is 14.6 Å². The molecular formula is C15H17NO3. The monoisotopic (exact) mass is 259 g/mol. The third-order valence-corrected chi connectivity index (χ3v) is 2.90. The van der Waals surface area contributed by atoms with E-state index < -0.39 is 12.0 Å². The molecule has 4 nitrogen and oxygen atoms in total. The van der Waals surface area contributed by atoms with Gasteiger partial charge in [0.15, 0.2) is 0 Å². The van der Waals surface area contributed by atoms with Gasteiger partial charge in [0.05, 0.1) is 0 Å². The highest BCUT2D eigenvalue weighted by molar-refractivity contribution is 5.88. The van der Waals surface area contributed by atoms with Crippen molar-refractivity contribution >= 4 is 16.7 Å². The topological polar surface area (TPSA) is 58.6 Å². The van der Waals surface area contributed by atoms with Crippen molar-refractivity contribution in [1.29, 1.82) is 0 Å². The average molecular weight is 259 g/mol. The number of hydrogen-bond acceptors (Lipinski definition) is 3. The number of ether oxygens (including phenoxy) is 1. The van der Waals surface area contributed by atoms with Gasteiger partial charge in [0.25, 0.3) is 0 Å². The Kier molecular flexibility index (Phi) is 4.36. The summed E-state index contributed by atoms with van der Waals surface area (Å²) in [5, 5.41) is 14.0. The fourth-order valence-corrected chi connectivity index (χ4v) is 1.96. The Hall–Kier alpha value is -2.07. The SMILES string of the molecule is CCNC(COc1cccc2ccccc12)C(=O)O. The van der Waals surface area contributed by atoms with Gasteiger partial charge in [-0.05, 0) is 18.0 Å². The van der Waals surface area contributed by atoms with E-state index in [1.54, 1.807) is 0 Å². The number of hydrogen-bond donors (Lipinski definition) is 2. The molecule has 0 aliphatic rings. The normalized spacial score (nSPS) is 12.3. The fourth-order valence-electron chi connectivity index (χ4n) is 1.96. The Bertz CT molecular complexity index is 563. The molecule has 19 heavy (non-hydrogen) atoms. The standard InChI is InChI=1S/C15H17NO3/c1-2-16-13(15(17)18)10-19-14-9-5-7-11-6-3-4-8-12(11)14/h3-9,13,16H,2,10H2,1H3,(H,17,18). The van der Waals surface area contributed by atoms with Crippen LogP contribution in [0.4, 0.5) is 0 Å². The van der Waals surface area contributed by atoms with Gasteiger partial charge in [-0.2, -0.15) is 0 Å². The van der Waals surface area contributed by atoms with Crippen LogP contribution in [0.1, 0.15) is 6.92 Å². The molecule has 0 radical (unpaired) electrons. The molecule has 0 aromatic heterocycles. The van der Waals surface area contributed by atoms with Crippen LogP contribution < -0.4 is 10.1 Å². The number of fused-ring (bicyclic) bond motifs is 1. The predicted molar refractivity (Wildman–Crippen MR) is 74.5 cm³/mol. The van der Waals surface area contributed by atoms with Crippen LogP contribution in [0.2, 0.25) is 0 Å². The summed E-state index contributed by atoms with van der Waals surface area (Å²) >= 11 is 0. The van der Waals surface area contributed by atoms with Crippen molar-refractivity contribution in [3.8, 4) is 5.75 Å². The van der Waals surface area contributed by atoms with E-state index in [1.807, 2.05) is 49.4 Å². The van der Waals surface area contributed by atoms with Gasteiger partial charge >= 0.3 is 5.97 Å². The van der Waals surface area contributed by atoms with E-state index in [1.165, 1.54) is 0 Å². The third kappa shape index (κ3) is 3.23. The summed E-state index contributed by atoms with van der Waals surface area (Å²) in [4.78, 5) is 11.0. The molecule has 0 saturated carbocycles. The molecule has 2 aromatic carbocycles. The van der Waals surface area contributed by atoms with E-state index in [0.29, 0.717) is 12.3 Å². The van der Waals surface area contributed by atoms with E-state index in [0.717, 1.165) is 10.8 Å². The van der Waals surface area contributed by atoms with E-state index in [2.05, 4.69) is 5.32 Å². The molecule has 0 amide bonds. The minimum absolute atomic E-state index is 0.108. The minimum atomic E-state index is -0.901. The molecule has 100 valence electrons. The molecule has 2 aromatic rings. The Morgan fingerprint density at radius 3 is 2.74 bits per heavy atom. The first-order valence-electron chi connectivity index (χ1n) is 6.29. The van der Waals surface area contributed by atoms with Crippen LogP contribution in [0, 0.1) is 0 Å². The van der Waals surface area contributed by atoms with E-state index in [9.17, 15) is 4.79 Å². The number of carboxylic acids is 1. The molecule has 0 aliphatic heterocycles. The molecule has 4 heteroatoms. The van der Waals surface area contributed by atoms with Crippen molar-refractivity contribution in [3.63, 3.8) is 0 Å². The van der Waals surface area contributed by atoms with Crippen molar-refractivity contribution in [2.45, 2.75) is 13.0 Å². The summed E-state index contributed by atoms with van der Waals surface area (Å²) < 4.78 is 5.65. The molecule has 0 aliphatic carbocycles. The Morgan fingerprint density at radius 2 is 2.00 bits per heavy atom. The lowest BCUT2D eigenvalue weighted by Gasteiger charge is -2.15. The van der Waals surface area contributed by atoms with E-state index in [-0.39, 0.29) is 6.61 Å². The number of benzene rings is 2. The zero-order valence-corrected chi connectivity index (χ0v) is 10.8. The van der Waals surface area contributed by atoms with E-state index in [4.69, 9.17) is 9.84 Å². The van der Waals surface area contributed by atoms with Crippen LogP contribution in [0.25, 0.3) is 10.8 Å². The van der Waals surface area contributed by atoms with Crippen LogP contribution in [0.3, 0.4) is 0 Å². The first-order chi connectivity index (χ1) is 9.22. The number of aliphatic carboxylic acids is 1. The van der Waals surface area contributed by atoms with Crippen LogP contribution >= 0.6 is 0 Å². The zero-order chi connectivity index (χ0) is 13.7. The van der Waals surface area contributed by atoms with Gasteiger partial charge in [-0.15, -0.1) is 0 Å². The minimum Gasteiger partial charge on any atom is -0.491 e. The van der Waals surface area contributed by atoms with Crippen LogP contribution in [0.5, 0.6) is 5.75 Å². The lowest BCUT2D eigenvalue weighted by Crippen LogP contribution is -2.41. The molecule has 0 heterocycles. The van der Waals surface area contributed by atoms with Gasteiger partial charge in [-0.3, -0.25) is 4.79 Å². The summed E-state index contributed by atoms with van der Waals surface area (Å²) in [5.41, 5.74) is 0. The maximum Gasteiger partial charge on any atom is 0.324 e. The van der Waals surface area contributed by atoms with Crippen LogP contribution in [-0.4, -0.2) is 30.3 Å². The van der Waals surface area contributed by atoms with Gasteiger partial charge in [-0.25, -0.2) is 0 Å². The number of likely N-dealkylation sites (N-methyl/N-ethyl adjacent to an activating group) is 1. The molecular weight excluding hydrogens is 242 g/mol. The smallest absolute Gasteiger partial charge is 0.324 e. The maximum absolute atomic E-state index is 11.0. The first kappa shape index (κ1) is 13.4. The highest BCUT2D eigenvalue weighted by Gasteiger charge is 2.16. The zero-order valence-electron chi connectivity index (χ0n) is 10.8. The highest BCUT2D eigenvalue weighted by Crippen LogP contribution is 2.25. The average Bonchev–Trinajstić information content (AvgIpc) is 2.43. The van der Waals surface area contributed by atoms with Gasteiger partial charge in [0.2, 0.25) is 0 Å². The van der Waals surface area contributed by atoms with Gasteiger partial charge in [-0.1, -0.05) is 43.3 Å². The number of nitrogens with one attached hydrogen (secondary N) is 1. The summed E-state index contributed by atoms with van der Waals surface area (Å²) in [6.45, 7) is 2.57. The largest absolute Gasteiger partial charge is 0.491 e. The van der Waals surface area contributed by atoms with Gasteiger partial charge in [0, 0.05) is 5.39 Å². The van der Waals surface area contributed by atoms with Crippen LogP contribution in [0.15, 0.2) is 42.5 Å². The van der Waals surface area contributed by atoms with Crippen molar-refractivity contribution in [2.75, 3.05) is 13.2 Å². The molecule has 0 fully saturated rings. The number of carboxylic acid groups (broad SMARTS) is 1.